The summed E-state index contributed by atoms with van der Waals surface area (Å²) in [5.74, 6) is 0. The fourth-order valence-corrected chi connectivity index (χ4v) is 2.25. The van der Waals surface area contributed by atoms with E-state index < -0.39 is 0 Å². The van der Waals surface area contributed by atoms with Gasteiger partial charge in [-0.2, -0.15) is 0 Å². The molecule has 0 heterocycles. The van der Waals surface area contributed by atoms with Gasteiger partial charge in [0.25, 0.3) is 0 Å². The molecule has 0 aliphatic carbocycles. The number of nitrogens with one attached hydrogen (secondary N) is 2. The van der Waals surface area contributed by atoms with Gasteiger partial charge in [-0.05, 0) is 52.8 Å². The minimum atomic E-state index is -0.169. The van der Waals surface area contributed by atoms with Crippen LogP contribution in [-0.4, -0.2) is 12.6 Å². The molecule has 0 radical (unpaired) electrons. The van der Waals surface area contributed by atoms with Crippen molar-refractivity contribution >= 4 is 34.3 Å². The summed E-state index contributed by atoms with van der Waals surface area (Å²) in [5, 5.41) is 5.66. The van der Waals surface area contributed by atoms with Crippen LogP contribution in [0.1, 0.15) is 5.56 Å². The molecule has 0 aromatic heterocycles. The van der Waals surface area contributed by atoms with Gasteiger partial charge in [0, 0.05) is 15.8 Å². The first kappa shape index (κ1) is 13.9. The van der Waals surface area contributed by atoms with Gasteiger partial charge in [0.2, 0.25) is 0 Å². The second-order valence-corrected chi connectivity index (χ2v) is 5.37. The first-order valence-electron chi connectivity index (χ1n) is 6.08. The van der Waals surface area contributed by atoms with E-state index in [0.717, 1.165) is 15.7 Å². The van der Waals surface area contributed by atoms with Gasteiger partial charge >= 0.3 is 6.03 Å². The van der Waals surface area contributed by atoms with Crippen molar-refractivity contribution in [1.82, 2.24) is 5.32 Å². The highest BCUT2D eigenvalue weighted by Crippen LogP contribution is 2.11. The molecule has 0 aliphatic rings. The summed E-state index contributed by atoms with van der Waals surface area (Å²) in [7, 11) is 0. The minimum Gasteiger partial charge on any atom is -0.338 e. The van der Waals surface area contributed by atoms with Crippen LogP contribution in [0.5, 0.6) is 0 Å². The van der Waals surface area contributed by atoms with Crippen molar-refractivity contribution in [2.45, 2.75) is 6.42 Å². The molecule has 0 unspecified atom stereocenters. The fraction of sp³-hybridized carbons (Fsp3) is 0.133. The van der Waals surface area contributed by atoms with E-state index >= 15 is 0 Å². The van der Waals surface area contributed by atoms with E-state index in [0.29, 0.717) is 6.54 Å². The highest BCUT2D eigenvalue weighted by Gasteiger charge is 2.01. The van der Waals surface area contributed by atoms with Crippen LogP contribution < -0.4 is 10.6 Å². The second kappa shape index (κ2) is 7.13. The Morgan fingerprint density at radius 2 is 1.84 bits per heavy atom. The maximum absolute atomic E-state index is 11.7. The van der Waals surface area contributed by atoms with E-state index in [-0.39, 0.29) is 6.03 Å². The summed E-state index contributed by atoms with van der Waals surface area (Å²) >= 11 is 2.22. The van der Waals surface area contributed by atoms with Crippen molar-refractivity contribution in [2.24, 2.45) is 0 Å². The third kappa shape index (κ3) is 4.90. The van der Waals surface area contributed by atoms with E-state index in [2.05, 4.69) is 45.4 Å². The van der Waals surface area contributed by atoms with Crippen LogP contribution in [-0.2, 0) is 6.42 Å². The quantitative estimate of drug-likeness (QED) is 0.797. The van der Waals surface area contributed by atoms with E-state index in [4.69, 9.17) is 0 Å². The lowest BCUT2D eigenvalue weighted by molar-refractivity contribution is 0.252. The number of benzene rings is 2. The van der Waals surface area contributed by atoms with Gasteiger partial charge in [0.15, 0.2) is 0 Å². The zero-order valence-corrected chi connectivity index (χ0v) is 12.6. The van der Waals surface area contributed by atoms with Gasteiger partial charge in [0.05, 0.1) is 0 Å². The number of hydrogen-bond donors (Lipinski definition) is 2. The van der Waals surface area contributed by atoms with Gasteiger partial charge in [-0.1, -0.05) is 36.4 Å². The van der Waals surface area contributed by atoms with Crippen LogP contribution in [0.3, 0.4) is 0 Å². The Bertz CT molecular complexity index is 543. The third-order valence-electron chi connectivity index (χ3n) is 2.62. The van der Waals surface area contributed by atoms with Crippen molar-refractivity contribution in [1.29, 1.82) is 0 Å². The maximum atomic E-state index is 11.7. The highest BCUT2D eigenvalue weighted by molar-refractivity contribution is 14.1. The van der Waals surface area contributed by atoms with Crippen LogP contribution in [0.25, 0.3) is 0 Å². The van der Waals surface area contributed by atoms with Crippen molar-refractivity contribution in [3.63, 3.8) is 0 Å². The van der Waals surface area contributed by atoms with Crippen LogP contribution in [0, 0.1) is 3.57 Å². The maximum Gasteiger partial charge on any atom is 0.319 e. The zero-order valence-electron chi connectivity index (χ0n) is 10.4. The lowest BCUT2D eigenvalue weighted by Crippen LogP contribution is -2.30. The van der Waals surface area contributed by atoms with E-state index in [1.165, 1.54) is 5.56 Å². The van der Waals surface area contributed by atoms with Gasteiger partial charge in [0.1, 0.15) is 0 Å². The lowest BCUT2D eigenvalue weighted by atomic mass is 10.1. The zero-order chi connectivity index (χ0) is 13.5. The number of hydrogen-bond acceptors (Lipinski definition) is 1. The molecule has 0 atom stereocenters. The Kier molecular flexibility index (Phi) is 5.20. The fourth-order valence-electron chi connectivity index (χ4n) is 1.71. The summed E-state index contributed by atoms with van der Waals surface area (Å²) in [6.45, 7) is 0.625. The molecule has 2 aromatic rings. The monoisotopic (exact) mass is 366 g/mol. The molecule has 0 saturated carbocycles. The number of carbonyl (C=O) groups is 1. The average Bonchev–Trinajstić information content (AvgIpc) is 2.40. The summed E-state index contributed by atoms with van der Waals surface area (Å²) < 4.78 is 1.10. The molecule has 0 bridgehead atoms. The summed E-state index contributed by atoms with van der Waals surface area (Å²) in [6, 6.07) is 17.6. The summed E-state index contributed by atoms with van der Waals surface area (Å²) in [4.78, 5) is 11.7. The lowest BCUT2D eigenvalue weighted by Gasteiger charge is -2.08. The SMILES string of the molecule is O=C(NCCc1ccccc1)Nc1cccc(I)c1. The molecule has 0 aliphatic heterocycles. The molecule has 0 saturated heterocycles. The number of rotatable bonds is 4. The standard InChI is InChI=1S/C15H15IN2O/c16-13-7-4-8-14(11-13)18-15(19)17-10-9-12-5-2-1-3-6-12/h1-8,11H,9-10H2,(H2,17,18,19). The molecular formula is C15H15IN2O. The number of halogens is 1. The van der Waals surface area contributed by atoms with Crippen molar-refractivity contribution in [2.75, 3.05) is 11.9 Å². The normalized spacial score (nSPS) is 9.95. The minimum absolute atomic E-state index is 0.169. The Labute approximate surface area is 126 Å². The van der Waals surface area contributed by atoms with Crippen LogP contribution in [0.2, 0.25) is 0 Å². The van der Waals surface area contributed by atoms with E-state index in [1.54, 1.807) is 0 Å². The van der Waals surface area contributed by atoms with Gasteiger partial charge in [-0.25, -0.2) is 4.79 Å². The van der Waals surface area contributed by atoms with Crippen molar-refractivity contribution in [3.05, 3.63) is 63.7 Å². The van der Waals surface area contributed by atoms with Crippen LogP contribution in [0.15, 0.2) is 54.6 Å². The Hall–Kier alpha value is -1.56. The molecule has 0 spiro atoms. The smallest absolute Gasteiger partial charge is 0.319 e. The molecule has 19 heavy (non-hydrogen) atoms. The largest absolute Gasteiger partial charge is 0.338 e. The molecule has 0 fully saturated rings. The van der Waals surface area contributed by atoms with Crippen LogP contribution >= 0.6 is 22.6 Å². The number of carbonyl (C=O) groups excluding carboxylic acids is 1. The van der Waals surface area contributed by atoms with Crippen LogP contribution in [0.4, 0.5) is 10.5 Å². The van der Waals surface area contributed by atoms with Crippen molar-refractivity contribution in [3.8, 4) is 0 Å². The number of urea groups is 1. The molecule has 98 valence electrons. The van der Waals surface area contributed by atoms with E-state index in [9.17, 15) is 4.79 Å². The van der Waals surface area contributed by atoms with E-state index in [1.807, 2.05) is 42.5 Å². The highest BCUT2D eigenvalue weighted by atomic mass is 127. The summed E-state index contributed by atoms with van der Waals surface area (Å²) in [6.07, 6.45) is 0.834. The molecule has 2 amide bonds. The number of amides is 2. The Balaban J connectivity index is 1.76. The number of anilines is 1. The molecule has 2 aromatic carbocycles. The van der Waals surface area contributed by atoms with Crippen molar-refractivity contribution < 1.29 is 4.79 Å². The molecular weight excluding hydrogens is 351 g/mol. The van der Waals surface area contributed by atoms with Gasteiger partial charge < -0.3 is 10.6 Å². The molecule has 4 heteroatoms. The summed E-state index contributed by atoms with van der Waals surface area (Å²) in [5.41, 5.74) is 2.03. The Morgan fingerprint density at radius 3 is 2.58 bits per heavy atom. The predicted octanol–water partition coefficient (Wildman–Crippen LogP) is 3.66. The molecule has 3 nitrogen and oxygen atoms in total. The predicted molar refractivity (Wildman–Crippen MR) is 86.3 cm³/mol. The average molecular weight is 366 g/mol. The van der Waals surface area contributed by atoms with Gasteiger partial charge in [-0.15, -0.1) is 0 Å². The Morgan fingerprint density at radius 1 is 1.05 bits per heavy atom. The van der Waals surface area contributed by atoms with Gasteiger partial charge in [-0.3, -0.25) is 0 Å². The molecule has 2 rings (SSSR count). The second-order valence-electron chi connectivity index (χ2n) is 4.13. The first-order valence-corrected chi connectivity index (χ1v) is 7.16. The molecule has 2 N–H and O–H groups in total. The topological polar surface area (TPSA) is 41.1 Å². The first-order chi connectivity index (χ1) is 9.24. The third-order valence-corrected chi connectivity index (χ3v) is 3.30.